The van der Waals surface area contributed by atoms with E-state index in [0.717, 1.165) is 25.1 Å². The van der Waals surface area contributed by atoms with Crippen molar-refractivity contribution in [2.45, 2.75) is 57.0 Å². The molecule has 1 aromatic carbocycles. The van der Waals surface area contributed by atoms with Crippen LogP contribution in [0.4, 0.5) is 0 Å². The first kappa shape index (κ1) is 16.5. The number of benzene rings is 1. The number of aliphatic hydroxyl groups excluding tert-OH is 1. The van der Waals surface area contributed by atoms with Crippen molar-refractivity contribution in [2.24, 2.45) is 0 Å². The Morgan fingerprint density at radius 2 is 1.95 bits per heavy atom. The summed E-state index contributed by atoms with van der Waals surface area (Å²) in [6.45, 7) is 7.80. The second-order valence-corrected chi connectivity index (χ2v) is 7.05. The molecule has 0 saturated heterocycles. The van der Waals surface area contributed by atoms with E-state index in [-0.39, 0.29) is 5.54 Å². The smallest absolute Gasteiger partial charge is 0.0431 e. The average Bonchev–Trinajstić information content (AvgIpc) is 2.36. The van der Waals surface area contributed by atoms with Crippen molar-refractivity contribution in [3.63, 3.8) is 0 Å². The molecule has 0 amide bonds. The van der Waals surface area contributed by atoms with Gasteiger partial charge in [-0.3, -0.25) is 0 Å². The van der Waals surface area contributed by atoms with Crippen molar-refractivity contribution in [1.29, 1.82) is 0 Å². The summed E-state index contributed by atoms with van der Waals surface area (Å²) in [6.07, 6.45) is 3.22. The van der Waals surface area contributed by atoms with Crippen LogP contribution in [0.15, 0.2) is 29.2 Å². The Bertz CT molecular complexity index is 360. The standard InChI is InChI=1S/C16H27NOS/c1-16(2,3)17-13-14-8-7-9-15(12-14)19-11-6-4-5-10-18/h7-9,12,17-18H,4-6,10-11,13H2,1-3H3. The highest BCUT2D eigenvalue weighted by Crippen LogP contribution is 2.21. The summed E-state index contributed by atoms with van der Waals surface area (Å²) in [5, 5.41) is 12.2. The van der Waals surface area contributed by atoms with Crippen LogP contribution in [0.1, 0.15) is 45.6 Å². The molecule has 0 aromatic heterocycles. The van der Waals surface area contributed by atoms with Gasteiger partial charge in [-0.15, -0.1) is 11.8 Å². The van der Waals surface area contributed by atoms with E-state index in [4.69, 9.17) is 5.11 Å². The zero-order chi connectivity index (χ0) is 14.1. The zero-order valence-electron chi connectivity index (χ0n) is 12.4. The SMILES string of the molecule is CC(C)(C)NCc1cccc(SCCCCCO)c1. The van der Waals surface area contributed by atoms with Crippen LogP contribution < -0.4 is 5.32 Å². The van der Waals surface area contributed by atoms with Crippen molar-refractivity contribution in [2.75, 3.05) is 12.4 Å². The molecule has 0 aliphatic heterocycles. The Kier molecular flexibility index (Phi) is 7.51. The maximum absolute atomic E-state index is 8.73. The molecule has 0 aliphatic rings. The fourth-order valence-electron chi connectivity index (χ4n) is 1.69. The Morgan fingerprint density at radius 3 is 2.63 bits per heavy atom. The molecule has 0 saturated carbocycles. The highest BCUT2D eigenvalue weighted by atomic mass is 32.2. The molecule has 0 atom stereocenters. The van der Waals surface area contributed by atoms with Gasteiger partial charge in [-0.05, 0) is 57.1 Å². The molecule has 0 heterocycles. The fourth-order valence-corrected chi connectivity index (χ4v) is 2.69. The van der Waals surface area contributed by atoms with Gasteiger partial charge in [0, 0.05) is 23.6 Å². The summed E-state index contributed by atoms with van der Waals surface area (Å²) in [4.78, 5) is 1.34. The number of rotatable bonds is 8. The lowest BCUT2D eigenvalue weighted by Crippen LogP contribution is -2.35. The van der Waals surface area contributed by atoms with Crippen molar-refractivity contribution >= 4 is 11.8 Å². The molecule has 2 N–H and O–H groups in total. The van der Waals surface area contributed by atoms with Crippen molar-refractivity contribution in [1.82, 2.24) is 5.32 Å². The third kappa shape index (κ3) is 8.30. The molecular formula is C16H27NOS. The number of aliphatic hydroxyl groups is 1. The molecule has 0 bridgehead atoms. The Balaban J connectivity index is 2.35. The average molecular weight is 281 g/mol. The van der Waals surface area contributed by atoms with Crippen LogP contribution >= 0.6 is 11.8 Å². The van der Waals surface area contributed by atoms with Gasteiger partial charge < -0.3 is 10.4 Å². The molecular weight excluding hydrogens is 254 g/mol. The van der Waals surface area contributed by atoms with Crippen LogP contribution in [0, 0.1) is 0 Å². The van der Waals surface area contributed by atoms with Gasteiger partial charge in [-0.2, -0.15) is 0 Å². The van der Waals surface area contributed by atoms with E-state index in [0.29, 0.717) is 6.61 Å². The summed E-state index contributed by atoms with van der Waals surface area (Å²) in [7, 11) is 0. The largest absolute Gasteiger partial charge is 0.396 e. The summed E-state index contributed by atoms with van der Waals surface area (Å²) in [5.41, 5.74) is 1.50. The lowest BCUT2D eigenvalue weighted by Gasteiger charge is -2.20. The third-order valence-corrected chi connectivity index (χ3v) is 3.87. The van der Waals surface area contributed by atoms with E-state index in [9.17, 15) is 0 Å². The van der Waals surface area contributed by atoms with E-state index in [1.54, 1.807) is 0 Å². The van der Waals surface area contributed by atoms with Gasteiger partial charge in [0.2, 0.25) is 0 Å². The van der Waals surface area contributed by atoms with Crippen LogP contribution in [0.5, 0.6) is 0 Å². The molecule has 0 fully saturated rings. The summed E-state index contributed by atoms with van der Waals surface area (Å²) in [5.74, 6) is 1.14. The van der Waals surface area contributed by atoms with Gasteiger partial charge >= 0.3 is 0 Å². The summed E-state index contributed by atoms with van der Waals surface area (Å²) >= 11 is 1.91. The molecule has 1 aromatic rings. The molecule has 108 valence electrons. The van der Waals surface area contributed by atoms with Crippen molar-refractivity contribution < 1.29 is 5.11 Å². The number of thioether (sulfide) groups is 1. The van der Waals surface area contributed by atoms with E-state index >= 15 is 0 Å². The minimum Gasteiger partial charge on any atom is -0.396 e. The summed E-state index contributed by atoms with van der Waals surface area (Å²) in [6, 6.07) is 8.76. The van der Waals surface area contributed by atoms with Gasteiger partial charge in [0.25, 0.3) is 0 Å². The Labute approximate surface area is 122 Å². The van der Waals surface area contributed by atoms with Gasteiger partial charge in [-0.25, -0.2) is 0 Å². The zero-order valence-corrected chi connectivity index (χ0v) is 13.2. The van der Waals surface area contributed by atoms with Gasteiger partial charge in [0.05, 0.1) is 0 Å². The highest BCUT2D eigenvalue weighted by molar-refractivity contribution is 7.99. The normalized spacial score (nSPS) is 11.8. The number of hydrogen-bond donors (Lipinski definition) is 2. The number of unbranched alkanes of at least 4 members (excludes halogenated alkanes) is 2. The van der Waals surface area contributed by atoms with Crippen LogP contribution in [-0.4, -0.2) is 23.0 Å². The van der Waals surface area contributed by atoms with Crippen LogP contribution in [0.2, 0.25) is 0 Å². The second-order valence-electron chi connectivity index (χ2n) is 5.88. The first-order valence-electron chi connectivity index (χ1n) is 7.09. The molecule has 3 heteroatoms. The summed E-state index contributed by atoms with van der Waals surface area (Å²) < 4.78 is 0. The molecule has 19 heavy (non-hydrogen) atoms. The quantitative estimate of drug-likeness (QED) is 0.561. The molecule has 0 radical (unpaired) electrons. The predicted molar refractivity (Wildman–Crippen MR) is 84.7 cm³/mol. The fraction of sp³-hybridized carbons (Fsp3) is 0.625. The van der Waals surface area contributed by atoms with Crippen LogP contribution in [0.25, 0.3) is 0 Å². The van der Waals surface area contributed by atoms with Gasteiger partial charge in [-0.1, -0.05) is 18.6 Å². The maximum atomic E-state index is 8.73. The van der Waals surface area contributed by atoms with Crippen molar-refractivity contribution in [3.05, 3.63) is 29.8 Å². The van der Waals surface area contributed by atoms with Crippen LogP contribution in [0.3, 0.4) is 0 Å². The van der Waals surface area contributed by atoms with Gasteiger partial charge in [0.1, 0.15) is 0 Å². The Morgan fingerprint density at radius 1 is 1.16 bits per heavy atom. The van der Waals surface area contributed by atoms with E-state index in [1.807, 2.05) is 11.8 Å². The van der Waals surface area contributed by atoms with E-state index in [2.05, 4.69) is 50.4 Å². The third-order valence-electron chi connectivity index (χ3n) is 2.79. The molecule has 0 spiro atoms. The predicted octanol–water partition coefficient (Wildman–Crippen LogP) is 3.83. The van der Waals surface area contributed by atoms with E-state index < -0.39 is 0 Å². The lowest BCUT2D eigenvalue weighted by atomic mass is 10.1. The Hall–Kier alpha value is -0.510. The monoisotopic (exact) mass is 281 g/mol. The first-order chi connectivity index (χ1) is 9.01. The van der Waals surface area contributed by atoms with Crippen LogP contribution in [-0.2, 0) is 6.54 Å². The highest BCUT2D eigenvalue weighted by Gasteiger charge is 2.08. The molecule has 0 aliphatic carbocycles. The topological polar surface area (TPSA) is 32.3 Å². The second kappa shape index (κ2) is 8.62. The van der Waals surface area contributed by atoms with Crippen molar-refractivity contribution in [3.8, 4) is 0 Å². The maximum Gasteiger partial charge on any atom is 0.0431 e. The minimum absolute atomic E-state index is 0.160. The van der Waals surface area contributed by atoms with Gasteiger partial charge in [0.15, 0.2) is 0 Å². The first-order valence-corrected chi connectivity index (χ1v) is 8.07. The molecule has 2 nitrogen and oxygen atoms in total. The lowest BCUT2D eigenvalue weighted by molar-refractivity contribution is 0.284. The number of nitrogens with one attached hydrogen (secondary N) is 1. The molecule has 0 unspecified atom stereocenters. The number of hydrogen-bond acceptors (Lipinski definition) is 3. The molecule has 1 rings (SSSR count). The minimum atomic E-state index is 0.160. The van der Waals surface area contributed by atoms with E-state index in [1.165, 1.54) is 16.9 Å².